The number of nitrogens with one attached hydrogen (secondary N) is 4. The highest BCUT2D eigenvalue weighted by Gasteiger charge is 2.25. The average Bonchev–Trinajstić information content (AvgIpc) is 2.72. The molecule has 154 valence electrons. The van der Waals surface area contributed by atoms with Crippen molar-refractivity contribution in [2.75, 3.05) is 26.6 Å². The van der Waals surface area contributed by atoms with Crippen molar-refractivity contribution in [1.29, 1.82) is 5.41 Å². The van der Waals surface area contributed by atoms with E-state index in [1.807, 2.05) is 0 Å². The zero-order valence-electron chi connectivity index (χ0n) is 16.2. The number of methoxy groups -OCH3 is 2. The number of carbonyl (C=O) groups excluding carboxylic acids is 1. The normalized spacial score (nSPS) is 11.9. The number of amides is 1. The first kappa shape index (κ1) is 21.5. The van der Waals surface area contributed by atoms with Crippen LogP contribution in [0.1, 0.15) is 17.2 Å². The van der Waals surface area contributed by atoms with E-state index in [1.54, 1.807) is 31.3 Å². The fourth-order valence-corrected chi connectivity index (χ4v) is 2.66. The van der Waals surface area contributed by atoms with Crippen molar-refractivity contribution < 1.29 is 18.7 Å². The summed E-state index contributed by atoms with van der Waals surface area (Å²) in [7, 11) is 4.40. The standard InChI is InChI=1S/C19H23FN6O3/c1-23-26-19(24-10-27)17(25-12-6-4-11(5-7-12)18(21)22)13-8-15(28-2)16(29-3)9-14(13)20/h4-10,17,23,25H,1-3H3,(H3,21,22)(H,24,26,27). The van der Waals surface area contributed by atoms with Crippen LogP contribution in [0, 0.1) is 11.2 Å². The molecule has 10 heteroatoms. The minimum absolute atomic E-state index is 0.0703. The van der Waals surface area contributed by atoms with Crippen molar-refractivity contribution in [3.05, 3.63) is 53.3 Å². The Morgan fingerprint density at radius 3 is 2.34 bits per heavy atom. The summed E-state index contributed by atoms with van der Waals surface area (Å²) in [4.78, 5) is 11.1. The van der Waals surface area contributed by atoms with E-state index in [0.717, 1.165) is 0 Å². The van der Waals surface area contributed by atoms with E-state index in [2.05, 4.69) is 21.2 Å². The van der Waals surface area contributed by atoms with E-state index < -0.39 is 11.9 Å². The van der Waals surface area contributed by atoms with Crippen LogP contribution in [0.15, 0.2) is 41.5 Å². The van der Waals surface area contributed by atoms with Gasteiger partial charge in [0.1, 0.15) is 17.7 Å². The monoisotopic (exact) mass is 402 g/mol. The molecule has 6 N–H and O–H groups in total. The number of hydrogen-bond acceptors (Lipinski definition) is 7. The molecule has 2 aromatic carbocycles. The lowest BCUT2D eigenvalue weighted by atomic mass is 10.0. The van der Waals surface area contributed by atoms with Crippen LogP contribution in [0.25, 0.3) is 0 Å². The maximum Gasteiger partial charge on any atom is 0.212 e. The number of nitrogens with two attached hydrogens (primary N) is 1. The number of amidine groups is 2. The highest BCUT2D eigenvalue weighted by molar-refractivity contribution is 5.97. The first-order valence-electron chi connectivity index (χ1n) is 8.52. The Morgan fingerprint density at radius 2 is 1.83 bits per heavy atom. The molecule has 0 heterocycles. The maximum absolute atomic E-state index is 14.9. The Balaban J connectivity index is 2.54. The van der Waals surface area contributed by atoms with Gasteiger partial charge in [-0.2, -0.15) is 5.10 Å². The van der Waals surface area contributed by atoms with Crippen LogP contribution in [0.3, 0.4) is 0 Å². The zero-order chi connectivity index (χ0) is 21.4. The van der Waals surface area contributed by atoms with Gasteiger partial charge in [-0.05, 0) is 30.3 Å². The van der Waals surface area contributed by atoms with Crippen molar-refractivity contribution in [3.63, 3.8) is 0 Å². The molecular weight excluding hydrogens is 379 g/mol. The molecule has 0 aliphatic carbocycles. The number of hydrazone groups is 1. The van der Waals surface area contributed by atoms with Gasteiger partial charge in [-0.25, -0.2) is 4.39 Å². The highest BCUT2D eigenvalue weighted by Crippen LogP contribution is 2.34. The van der Waals surface area contributed by atoms with E-state index in [9.17, 15) is 9.18 Å². The summed E-state index contributed by atoms with van der Waals surface area (Å²) < 4.78 is 25.3. The van der Waals surface area contributed by atoms with Crippen LogP contribution in [-0.4, -0.2) is 39.3 Å². The summed E-state index contributed by atoms with van der Waals surface area (Å²) in [6.07, 6.45) is 0.447. The van der Waals surface area contributed by atoms with Crippen LogP contribution in [-0.2, 0) is 4.79 Å². The van der Waals surface area contributed by atoms with Crippen LogP contribution in [0.5, 0.6) is 11.5 Å². The molecule has 0 aliphatic rings. The van der Waals surface area contributed by atoms with Gasteiger partial charge in [-0.15, -0.1) is 0 Å². The molecule has 0 aromatic heterocycles. The first-order valence-corrected chi connectivity index (χ1v) is 8.52. The average molecular weight is 402 g/mol. The minimum atomic E-state index is -0.879. The van der Waals surface area contributed by atoms with Crippen LogP contribution < -0.4 is 31.3 Å². The Kier molecular flexibility index (Phi) is 7.35. The lowest BCUT2D eigenvalue weighted by molar-refractivity contribution is -0.108. The lowest BCUT2D eigenvalue weighted by Gasteiger charge is -2.23. The summed E-state index contributed by atoms with van der Waals surface area (Å²) in [6.45, 7) is 0. The number of benzene rings is 2. The third-order valence-corrected chi connectivity index (χ3v) is 4.03. The third kappa shape index (κ3) is 5.12. The fraction of sp³-hybridized carbons (Fsp3) is 0.211. The first-order chi connectivity index (χ1) is 13.9. The molecule has 29 heavy (non-hydrogen) atoms. The van der Waals surface area contributed by atoms with Crippen molar-refractivity contribution >= 4 is 23.8 Å². The van der Waals surface area contributed by atoms with Gasteiger partial charge in [0.2, 0.25) is 6.41 Å². The molecule has 0 saturated heterocycles. The number of anilines is 1. The van der Waals surface area contributed by atoms with Gasteiger partial charge in [0.15, 0.2) is 17.3 Å². The molecule has 1 unspecified atom stereocenters. The predicted molar refractivity (Wildman–Crippen MR) is 109 cm³/mol. The number of hydrogen-bond donors (Lipinski definition) is 5. The molecule has 2 rings (SSSR count). The predicted octanol–water partition coefficient (Wildman–Crippen LogP) is 1.56. The minimum Gasteiger partial charge on any atom is -0.493 e. The smallest absolute Gasteiger partial charge is 0.212 e. The van der Waals surface area contributed by atoms with E-state index >= 15 is 0 Å². The van der Waals surface area contributed by atoms with E-state index in [-0.39, 0.29) is 23.0 Å². The second-order valence-electron chi connectivity index (χ2n) is 5.78. The summed E-state index contributed by atoms with van der Waals surface area (Å²) in [5, 5.41) is 17.1. The Bertz CT molecular complexity index is 902. The highest BCUT2D eigenvalue weighted by atomic mass is 19.1. The van der Waals surface area contributed by atoms with Gasteiger partial charge in [0.05, 0.1) is 14.2 Å². The van der Waals surface area contributed by atoms with E-state index in [4.69, 9.17) is 20.6 Å². The van der Waals surface area contributed by atoms with Gasteiger partial charge in [-0.1, -0.05) is 0 Å². The van der Waals surface area contributed by atoms with Gasteiger partial charge >= 0.3 is 0 Å². The number of ether oxygens (including phenoxy) is 2. The number of nitrogen functional groups attached to an aromatic ring is 1. The molecule has 0 radical (unpaired) electrons. The van der Waals surface area contributed by atoms with Crippen LogP contribution >= 0.6 is 0 Å². The maximum atomic E-state index is 14.9. The molecule has 0 spiro atoms. The summed E-state index contributed by atoms with van der Waals surface area (Å²) in [6, 6.07) is 8.44. The quantitative estimate of drug-likeness (QED) is 0.187. The molecule has 2 aromatic rings. The summed E-state index contributed by atoms with van der Waals surface area (Å²) >= 11 is 0. The lowest BCUT2D eigenvalue weighted by Crippen LogP contribution is -2.35. The molecule has 0 saturated carbocycles. The molecule has 0 aliphatic heterocycles. The second kappa shape index (κ2) is 9.93. The molecule has 9 nitrogen and oxygen atoms in total. The molecular formula is C19H23FN6O3. The Hall–Kier alpha value is -3.82. The number of carbonyl (C=O) groups is 1. The van der Waals surface area contributed by atoms with E-state index in [0.29, 0.717) is 23.4 Å². The SMILES string of the molecule is CN/N=C(\NC=O)C(Nc1ccc(C(=N)N)cc1)c1cc(OC)c(OC)cc1F. The molecule has 1 amide bonds. The number of halogens is 1. The third-order valence-electron chi connectivity index (χ3n) is 4.03. The Labute approximate surface area is 167 Å². The van der Waals surface area contributed by atoms with Gasteiger partial charge in [0.25, 0.3) is 0 Å². The summed E-state index contributed by atoms with van der Waals surface area (Å²) in [5.41, 5.74) is 9.36. The topological polar surface area (TPSA) is 134 Å². The molecule has 1 atom stereocenters. The number of nitrogens with zero attached hydrogens (tertiary/aromatic N) is 1. The largest absolute Gasteiger partial charge is 0.493 e. The summed E-state index contributed by atoms with van der Waals surface area (Å²) in [5.74, 6) is 0.0201. The van der Waals surface area contributed by atoms with Crippen molar-refractivity contribution in [2.45, 2.75) is 6.04 Å². The van der Waals surface area contributed by atoms with Crippen molar-refractivity contribution in [2.24, 2.45) is 10.8 Å². The zero-order valence-corrected chi connectivity index (χ0v) is 16.2. The van der Waals surface area contributed by atoms with Crippen LogP contribution in [0.4, 0.5) is 10.1 Å². The number of rotatable bonds is 9. The second-order valence-corrected chi connectivity index (χ2v) is 5.78. The van der Waals surface area contributed by atoms with Gasteiger partial charge < -0.3 is 31.3 Å². The van der Waals surface area contributed by atoms with Crippen molar-refractivity contribution in [1.82, 2.24) is 10.7 Å². The molecule has 0 bridgehead atoms. The van der Waals surface area contributed by atoms with Gasteiger partial charge in [0, 0.05) is 29.9 Å². The molecule has 0 fully saturated rings. The fourth-order valence-electron chi connectivity index (χ4n) is 2.66. The Morgan fingerprint density at radius 1 is 1.21 bits per heavy atom. The van der Waals surface area contributed by atoms with Crippen molar-refractivity contribution in [3.8, 4) is 11.5 Å². The van der Waals surface area contributed by atoms with Crippen LogP contribution in [0.2, 0.25) is 0 Å². The van der Waals surface area contributed by atoms with E-state index in [1.165, 1.54) is 26.4 Å². The van der Waals surface area contributed by atoms with Gasteiger partial charge in [-0.3, -0.25) is 10.2 Å².